The van der Waals surface area contributed by atoms with Crippen LogP contribution in [0, 0.1) is 11.7 Å². The third-order valence-electron chi connectivity index (χ3n) is 4.50. The van der Waals surface area contributed by atoms with E-state index in [9.17, 15) is 4.39 Å². The Kier molecular flexibility index (Phi) is 2.62. The van der Waals surface area contributed by atoms with Gasteiger partial charge in [-0.25, -0.2) is 4.39 Å². The summed E-state index contributed by atoms with van der Waals surface area (Å²) in [7, 11) is 0. The van der Waals surface area contributed by atoms with Crippen LogP contribution < -0.4 is 5.32 Å². The molecule has 1 aliphatic heterocycles. The van der Waals surface area contributed by atoms with E-state index in [0.29, 0.717) is 11.8 Å². The number of nitrogens with one attached hydrogen (secondary N) is 1. The van der Waals surface area contributed by atoms with Crippen LogP contribution in [0.2, 0.25) is 0 Å². The molecule has 100 valence electrons. The molecule has 20 heavy (non-hydrogen) atoms. The summed E-state index contributed by atoms with van der Waals surface area (Å²) >= 11 is 0. The van der Waals surface area contributed by atoms with Gasteiger partial charge in [-0.2, -0.15) is 0 Å². The predicted octanol–water partition coefficient (Wildman–Crippen LogP) is 4.65. The summed E-state index contributed by atoms with van der Waals surface area (Å²) in [6.07, 6.45) is 5.67. The van der Waals surface area contributed by atoms with Gasteiger partial charge >= 0.3 is 0 Å². The Hall–Kier alpha value is -2.09. The maximum absolute atomic E-state index is 13.1. The van der Waals surface area contributed by atoms with Crippen molar-refractivity contribution in [2.75, 3.05) is 5.32 Å². The first-order valence-electron chi connectivity index (χ1n) is 7.10. The average molecular weight is 265 g/mol. The SMILES string of the molecule is Fc1ccc(C2Nc3ccccc3C3C=CCC32)cc1. The largest absolute Gasteiger partial charge is 0.378 e. The Balaban J connectivity index is 1.77. The zero-order valence-electron chi connectivity index (χ0n) is 11.1. The van der Waals surface area contributed by atoms with Crippen molar-refractivity contribution in [2.24, 2.45) is 5.92 Å². The maximum Gasteiger partial charge on any atom is 0.123 e. The first kappa shape index (κ1) is 11.7. The number of rotatable bonds is 1. The molecule has 2 aromatic rings. The lowest BCUT2D eigenvalue weighted by atomic mass is 9.77. The molecule has 2 aromatic carbocycles. The van der Waals surface area contributed by atoms with Crippen LogP contribution in [-0.2, 0) is 0 Å². The molecule has 2 heteroatoms. The van der Waals surface area contributed by atoms with Crippen LogP contribution in [0.15, 0.2) is 60.7 Å². The van der Waals surface area contributed by atoms with Crippen LogP contribution in [0.5, 0.6) is 0 Å². The van der Waals surface area contributed by atoms with E-state index in [1.165, 1.54) is 16.8 Å². The molecule has 1 aliphatic carbocycles. The minimum atomic E-state index is -0.175. The van der Waals surface area contributed by atoms with Gasteiger partial charge in [0.1, 0.15) is 5.82 Å². The topological polar surface area (TPSA) is 12.0 Å². The fourth-order valence-corrected chi connectivity index (χ4v) is 3.54. The van der Waals surface area contributed by atoms with Gasteiger partial charge in [-0.3, -0.25) is 0 Å². The third-order valence-corrected chi connectivity index (χ3v) is 4.50. The summed E-state index contributed by atoms with van der Waals surface area (Å²) in [5.41, 5.74) is 3.75. The van der Waals surface area contributed by atoms with Crippen LogP contribution >= 0.6 is 0 Å². The van der Waals surface area contributed by atoms with Crippen LogP contribution in [0.3, 0.4) is 0 Å². The first-order valence-corrected chi connectivity index (χ1v) is 7.10. The molecule has 0 bridgehead atoms. The highest BCUT2D eigenvalue weighted by atomic mass is 19.1. The number of para-hydroxylation sites is 1. The van der Waals surface area contributed by atoms with Crippen molar-refractivity contribution in [3.63, 3.8) is 0 Å². The number of allylic oxidation sites excluding steroid dienone is 2. The van der Waals surface area contributed by atoms with Gasteiger partial charge in [-0.05, 0) is 41.7 Å². The quantitative estimate of drug-likeness (QED) is 0.740. The van der Waals surface area contributed by atoms with Gasteiger partial charge in [0.25, 0.3) is 0 Å². The molecular formula is C18H16FN. The second kappa shape index (κ2) is 4.48. The molecule has 0 spiro atoms. The zero-order valence-corrected chi connectivity index (χ0v) is 11.1. The number of fused-ring (bicyclic) bond motifs is 3. The zero-order chi connectivity index (χ0) is 13.5. The van der Waals surface area contributed by atoms with Gasteiger partial charge in [0.05, 0.1) is 6.04 Å². The molecule has 0 amide bonds. The molecule has 1 heterocycles. The van der Waals surface area contributed by atoms with Crippen LogP contribution in [0.1, 0.15) is 29.5 Å². The number of benzene rings is 2. The van der Waals surface area contributed by atoms with Crippen molar-refractivity contribution < 1.29 is 4.39 Å². The van der Waals surface area contributed by atoms with E-state index in [2.05, 4.69) is 41.7 Å². The lowest BCUT2D eigenvalue weighted by molar-refractivity contribution is 0.425. The number of hydrogen-bond donors (Lipinski definition) is 1. The third kappa shape index (κ3) is 1.75. The smallest absolute Gasteiger partial charge is 0.123 e. The van der Waals surface area contributed by atoms with Crippen molar-refractivity contribution in [2.45, 2.75) is 18.4 Å². The number of halogens is 1. The fourth-order valence-electron chi connectivity index (χ4n) is 3.54. The van der Waals surface area contributed by atoms with E-state index in [1.807, 2.05) is 12.1 Å². The fraction of sp³-hybridized carbons (Fsp3) is 0.222. The van der Waals surface area contributed by atoms with E-state index in [1.54, 1.807) is 12.1 Å². The lowest BCUT2D eigenvalue weighted by Crippen LogP contribution is -2.28. The summed E-state index contributed by atoms with van der Waals surface area (Å²) in [4.78, 5) is 0. The molecule has 3 atom stereocenters. The summed E-state index contributed by atoms with van der Waals surface area (Å²) in [5, 5.41) is 3.64. The van der Waals surface area contributed by atoms with Gasteiger partial charge in [-0.1, -0.05) is 42.5 Å². The van der Waals surface area contributed by atoms with Crippen molar-refractivity contribution in [1.29, 1.82) is 0 Å². The van der Waals surface area contributed by atoms with Crippen molar-refractivity contribution in [3.05, 3.63) is 77.6 Å². The predicted molar refractivity (Wildman–Crippen MR) is 79.2 cm³/mol. The van der Waals surface area contributed by atoms with E-state index in [0.717, 1.165) is 6.42 Å². The number of anilines is 1. The monoisotopic (exact) mass is 265 g/mol. The number of hydrogen-bond acceptors (Lipinski definition) is 1. The molecule has 0 saturated heterocycles. The Bertz CT molecular complexity index is 659. The molecule has 3 unspecified atom stereocenters. The highest BCUT2D eigenvalue weighted by Crippen LogP contribution is 2.49. The molecular weight excluding hydrogens is 249 g/mol. The minimum absolute atomic E-state index is 0.175. The Morgan fingerprint density at radius 2 is 1.80 bits per heavy atom. The standard InChI is InChI=1S/C18H16FN/c19-13-10-8-12(9-11-13)18-16-6-3-5-14(16)15-4-1-2-7-17(15)20-18/h1-5,7-11,14,16,18,20H,6H2. The molecule has 1 nitrogen and oxygen atoms in total. The molecule has 0 radical (unpaired) electrons. The summed E-state index contributed by atoms with van der Waals surface area (Å²) in [6.45, 7) is 0. The van der Waals surface area contributed by atoms with E-state index in [4.69, 9.17) is 0 Å². The molecule has 4 rings (SSSR count). The first-order chi connectivity index (χ1) is 9.83. The van der Waals surface area contributed by atoms with E-state index >= 15 is 0 Å². The lowest BCUT2D eigenvalue weighted by Gasteiger charge is -2.37. The Morgan fingerprint density at radius 3 is 2.65 bits per heavy atom. The van der Waals surface area contributed by atoms with Gasteiger partial charge in [0.15, 0.2) is 0 Å². The van der Waals surface area contributed by atoms with Gasteiger partial charge in [0, 0.05) is 11.6 Å². The van der Waals surface area contributed by atoms with Crippen molar-refractivity contribution >= 4 is 5.69 Å². The van der Waals surface area contributed by atoms with Crippen LogP contribution in [-0.4, -0.2) is 0 Å². The highest BCUT2D eigenvalue weighted by Gasteiger charge is 2.37. The molecule has 0 saturated carbocycles. The normalized spacial score (nSPS) is 26.8. The van der Waals surface area contributed by atoms with Crippen molar-refractivity contribution in [1.82, 2.24) is 0 Å². The second-order valence-electron chi connectivity index (χ2n) is 5.61. The van der Waals surface area contributed by atoms with Gasteiger partial charge in [0.2, 0.25) is 0 Å². The maximum atomic E-state index is 13.1. The van der Waals surface area contributed by atoms with Gasteiger partial charge in [-0.15, -0.1) is 0 Å². The Labute approximate surface area is 118 Å². The summed E-state index contributed by atoms with van der Waals surface area (Å²) < 4.78 is 13.1. The molecule has 0 aromatic heterocycles. The highest BCUT2D eigenvalue weighted by molar-refractivity contribution is 5.59. The molecule has 2 aliphatic rings. The van der Waals surface area contributed by atoms with Crippen LogP contribution in [0.4, 0.5) is 10.1 Å². The van der Waals surface area contributed by atoms with E-state index in [-0.39, 0.29) is 11.9 Å². The minimum Gasteiger partial charge on any atom is -0.378 e. The second-order valence-corrected chi connectivity index (χ2v) is 5.61. The molecule has 0 fully saturated rings. The van der Waals surface area contributed by atoms with Crippen molar-refractivity contribution in [3.8, 4) is 0 Å². The summed E-state index contributed by atoms with van der Waals surface area (Å²) in [5.74, 6) is 0.823. The Morgan fingerprint density at radius 1 is 1.00 bits per heavy atom. The van der Waals surface area contributed by atoms with Crippen LogP contribution in [0.25, 0.3) is 0 Å². The molecule has 1 N–H and O–H groups in total. The van der Waals surface area contributed by atoms with E-state index < -0.39 is 0 Å². The average Bonchev–Trinajstić information content (AvgIpc) is 2.97. The summed E-state index contributed by atoms with van der Waals surface area (Å²) in [6, 6.07) is 15.7. The van der Waals surface area contributed by atoms with Gasteiger partial charge < -0.3 is 5.32 Å².